The van der Waals surface area contributed by atoms with Gasteiger partial charge in [0.2, 0.25) is 0 Å². The van der Waals surface area contributed by atoms with Crippen molar-refractivity contribution in [2.45, 2.75) is 6.92 Å². The number of rotatable bonds is 5. The Morgan fingerprint density at radius 1 is 0.897 bits per heavy atom. The molecule has 0 radical (unpaired) electrons. The van der Waals surface area contributed by atoms with E-state index < -0.39 is 43.3 Å². The van der Waals surface area contributed by atoms with Gasteiger partial charge in [-0.1, -0.05) is 12.1 Å². The summed E-state index contributed by atoms with van der Waals surface area (Å²) in [6.07, 6.45) is 0. The van der Waals surface area contributed by atoms with Crippen LogP contribution in [-0.4, -0.2) is 69.8 Å². The summed E-state index contributed by atoms with van der Waals surface area (Å²) in [5, 5.41) is 43.3. The van der Waals surface area contributed by atoms with Crippen molar-refractivity contribution in [1.82, 2.24) is 4.90 Å². The smallest absolute Gasteiger partial charge is 0.478 e. The van der Waals surface area contributed by atoms with Gasteiger partial charge in [-0.15, -0.1) is 0 Å². The Kier molecular flexibility index (Phi) is 8.92. The molecule has 0 saturated heterocycles. The third-order valence-electron chi connectivity index (χ3n) is 3.86. The quantitative estimate of drug-likeness (QED) is 0.392. The fourth-order valence-electron chi connectivity index (χ4n) is 2.08. The van der Waals surface area contributed by atoms with Crippen LogP contribution in [-0.2, 0) is 0 Å². The maximum atomic E-state index is 13.5. The monoisotopic (exact) mass is 409 g/mol. The third kappa shape index (κ3) is 6.64. The predicted molar refractivity (Wildman–Crippen MR) is 102 cm³/mol. The van der Waals surface area contributed by atoms with E-state index in [-0.39, 0.29) is 16.5 Å². The van der Waals surface area contributed by atoms with E-state index in [0.29, 0.717) is 6.54 Å². The van der Waals surface area contributed by atoms with Crippen LogP contribution in [0.1, 0.15) is 27.6 Å². The lowest BCUT2D eigenvalue weighted by Crippen LogP contribution is -2.32. The van der Waals surface area contributed by atoms with Gasteiger partial charge in [-0.25, -0.2) is 13.6 Å². The molecule has 2 aromatic carbocycles. The molecule has 0 aromatic heterocycles. The van der Waals surface area contributed by atoms with Crippen molar-refractivity contribution in [1.29, 1.82) is 0 Å². The van der Waals surface area contributed by atoms with E-state index in [1.807, 2.05) is 0 Å². The summed E-state index contributed by atoms with van der Waals surface area (Å²) in [5.41, 5.74) is -0.631. The van der Waals surface area contributed by atoms with Crippen molar-refractivity contribution in [3.63, 3.8) is 0 Å². The summed E-state index contributed by atoms with van der Waals surface area (Å²) in [4.78, 5) is 23.3. The van der Waals surface area contributed by atoms with Gasteiger partial charge in [0.05, 0.1) is 11.1 Å². The highest BCUT2D eigenvalue weighted by Crippen LogP contribution is 2.08. The number of benzene rings is 2. The fourth-order valence-corrected chi connectivity index (χ4v) is 2.08. The second-order valence-corrected chi connectivity index (χ2v) is 5.85. The van der Waals surface area contributed by atoms with Crippen molar-refractivity contribution < 1.29 is 43.6 Å². The summed E-state index contributed by atoms with van der Waals surface area (Å²) in [7, 11) is -1.96. The van der Waals surface area contributed by atoms with E-state index in [9.17, 15) is 18.4 Å². The fraction of sp³-hybridized carbons (Fsp3) is 0.176. The molecule has 0 aliphatic carbocycles. The topological polar surface area (TPSA) is 139 Å². The van der Waals surface area contributed by atoms with Crippen LogP contribution in [0.5, 0.6) is 0 Å². The maximum absolute atomic E-state index is 13.5. The Bertz CT molecular complexity index is 881. The number of nitrogens with zero attached hydrogens (tertiary/aromatic N) is 1. The zero-order chi connectivity index (χ0) is 22.3. The summed E-state index contributed by atoms with van der Waals surface area (Å²) >= 11 is 0. The van der Waals surface area contributed by atoms with Gasteiger partial charge < -0.3 is 30.1 Å². The van der Waals surface area contributed by atoms with Gasteiger partial charge in [-0.2, -0.15) is 0 Å². The standard InChI is InChI=1S/C10H13BFNO3.C7H6BFO4/c1-3-13(2)10(14)8-5-4-7(11(15)16)6-9(8)12;9-6-3-4(8(12)13)1-2-5(6)7(10)11/h4-6,15-16H,3H2,1-2H3;1-3,12-13H,(H,10,11). The average molecular weight is 409 g/mol. The summed E-state index contributed by atoms with van der Waals surface area (Å²) < 4.78 is 26.3. The normalized spacial score (nSPS) is 9.93. The summed E-state index contributed by atoms with van der Waals surface area (Å²) in [6.45, 7) is 2.25. The van der Waals surface area contributed by atoms with Gasteiger partial charge in [0.25, 0.3) is 5.91 Å². The molecule has 0 aliphatic heterocycles. The van der Waals surface area contributed by atoms with Crippen LogP contribution in [0.4, 0.5) is 8.78 Å². The van der Waals surface area contributed by atoms with E-state index in [2.05, 4.69) is 0 Å². The van der Waals surface area contributed by atoms with Crippen molar-refractivity contribution in [3.8, 4) is 0 Å². The molecule has 12 heteroatoms. The number of amides is 1. The molecule has 0 bridgehead atoms. The second kappa shape index (κ2) is 10.7. The maximum Gasteiger partial charge on any atom is 0.488 e. The Morgan fingerprint density at radius 2 is 1.31 bits per heavy atom. The summed E-state index contributed by atoms with van der Waals surface area (Å²) in [5.74, 6) is -3.57. The molecule has 5 N–H and O–H groups in total. The van der Waals surface area contributed by atoms with E-state index in [4.69, 9.17) is 25.2 Å². The Hall–Kier alpha value is -2.79. The largest absolute Gasteiger partial charge is 0.488 e. The lowest BCUT2D eigenvalue weighted by atomic mass is 9.80. The molecule has 2 rings (SSSR count). The van der Waals surface area contributed by atoms with Crippen LogP contribution in [0.3, 0.4) is 0 Å². The Balaban J connectivity index is 0.000000296. The van der Waals surface area contributed by atoms with Crippen molar-refractivity contribution in [2.75, 3.05) is 13.6 Å². The molecule has 0 atom stereocenters. The number of carbonyl (C=O) groups is 2. The van der Waals surface area contributed by atoms with Crippen molar-refractivity contribution in [2.24, 2.45) is 0 Å². The summed E-state index contributed by atoms with van der Waals surface area (Å²) in [6, 6.07) is 6.39. The first-order valence-electron chi connectivity index (χ1n) is 8.29. The number of halogens is 2. The first kappa shape index (κ1) is 24.2. The minimum atomic E-state index is -1.79. The highest BCUT2D eigenvalue weighted by molar-refractivity contribution is 6.59. The molecule has 0 unspecified atom stereocenters. The Labute approximate surface area is 165 Å². The molecule has 0 heterocycles. The van der Waals surface area contributed by atoms with Gasteiger partial charge in [0.1, 0.15) is 11.6 Å². The number of carboxylic acid groups (broad SMARTS) is 1. The van der Waals surface area contributed by atoms with Crippen LogP contribution >= 0.6 is 0 Å². The second-order valence-electron chi connectivity index (χ2n) is 5.85. The van der Waals surface area contributed by atoms with Crippen LogP contribution in [0, 0.1) is 11.6 Å². The van der Waals surface area contributed by atoms with Crippen molar-refractivity contribution in [3.05, 3.63) is 59.2 Å². The first-order valence-corrected chi connectivity index (χ1v) is 8.29. The molecule has 154 valence electrons. The molecule has 0 aliphatic rings. The number of carboxylic acids is 1. The minimum absolute atomic E-state index is 0.0215. The van der Waals surface area contributed by atoms with Crippen LogP contribution < -0.4 is 10.9 Å². The molecule has 8 nitrogen and oxygen atoms in total. The lowest BCUT2D eigenvalue weighted by molar-refractivity contribution is 0.0691. The van der Waals surface area contributed by atoms with Gasteiger partial charge in [-0.3, -0.25) is 4.79 Å². The SMILES string of the molecule is CCN(C)C(=O)c1ccc(B(O)O)cc1F.O=C(O)c1ccc(B(O)O)cc1F. The first-order chi connectivity index (χ1) is 13.5. The molecule has 0 fully saturated rings. The molecule has 2 aromatic rings. The molecule has 0 spiro atoms. The van der Waals surface area contributed by atoms with E-state index in [1.165, 1.54) is 17.0 Å². The lowest BCUT2D eigenvalue weighted by Gasteiger charge is -2.15. The highest BCUT2D eigenvalue weighted by Gasteiger charge is 2.19. The van der Waals surface area contributed by atoms with E-state index >= 15 is 0 Å². The van der Waals surface area contributed by atoms with Crippen LogP contribution in [0.15, 0.2) is 36.4 Å². The number of hydrogen-bond donors (Lipinski definition) is 5. The van der Waals surface area contributed by atoms with E-state index in [1.54, 1.807) is 14.0 Å². The van der Waals surface area contributed by atoms with Crippen LogP contribution in [0.25, 0.3) is 0 Å². The van der Waals surface area contributed by atoms with Crippen LogP contribution in [0.2, 0.25) is 0 Å². The molecule has 0 saturated carbocycles. The van der Waals surface area contributed by atoms with E-state index in [0.717, 1.165) is 24.3 Å². The van der Waals surface area contributed by atoms with Gasteiger partial charge in [0.15, 0.2) is 0 Å². The highest BCUT2D eigenvalue weighted by atomic mass is 19.1. The third-order valence-corrected chi connectivity index (χ3v) is 3.86. The Morgan fingerprint density at radius 3 is 1.62 bits per heavy atom. The molecule has 29 heavy (non-hydrogen) atoms. The number of hydrogen-bond acceptors (Lipinski definition) is 6. The van der Waals surface area contributed by atoms with Gasteiger partial charge >= 0.3 is 20.2 Å². The molecule has 1 amide bonds. The molecular weight excluding hydrogens is 390 g/mol. The van der Waals surface area contributed by atoms with Crippen molar-refractivity contribution >= 4 is 37.0 Å². The average Bonchev–Trinajstić information content (AvgIpc) is 2.66. The molecular formula is C17H19B2F2NO7. The predicted octanol–water partition coefficient (Wildman–Crippen LogP) is -1.20. The number of aromatic carboxylic acids is 1. The number of carbonyl (C=O) groups excluding carboxylic acids is 1. The minimum Gasteiger partial charge on any atom is -0.478 e. The van der Waals surface area contributed by atoms with Gasteiger partial charge in [-0.05, 0) is 42.1 Å². The zero-order valence-electron chi connectivity index (χ0n) is 15.6. The van der Waals surface area contributed by atoms with Gasteiger partial charge in [0, 0.05) is 13.6 Å². The zero-order valence-corrected chi connectivity index (χ0v) is 15.6.